The minimum absolute atomic E-state index is 0.184. The van der Waals surface area contributed by atoms with Crippen molar-refractivity contribution in [3.05, 3.63) is 70.2 Å². The quantitative estimate of drug-likeness (QED) is 0.491. The number of anilines is 1. The molecule has 0 spiro atoms. The Morgan fingerprint density at radius 3 is 2.78 bits per heavy atom. The highest BCUT2D eigenvalue weighted by atomic mass is 32.1. The molecule has 0 saturated heterocycles. The van der Waals surface area contributed by atoms with Gasteiger partial charge in [-0.25, -0.2) is 9.97 Å². The zero-order valence-electron chi connectivity index (χ0n) is 14.6. The molecule has 2 heterocycles. The molecule has 2 aromatic carbocycles. The van der Waals surface area contributed by atoms with Gasteiger partial charge in [0.15, 0.2) is 5.13 Å². The third kappa shape index (κ3) is 4.15. The summed E-state index contributed by atoms with van der Waals surface area (Å²) in [5.41, 5.74) is 5.39. The van der Waals surface area contributed by atoms with Gasteiger partial charge < -0.3 is 4.74 Å². The summed E-state index contributed by atoms with van der Waals surface area (Å²) in [5.74, 6) is 0.516. The van der Waals surface area contributed by atoms with E-state index in [9.17, 15) is 4.79 Å². The molecule has 0 atom stereocenters. The average molecular weight is 396 g/mol. The minimum Gasteiger partial charge on any atom is -0.487 e. The number of amides is 1. The van der Waals surface area contributed by atoms with E-state index < -0.39 is 0 Å². The standard InChI is InChI=1S/C20H17N3O2S2/c1-2-13-3-8-17-18(9-13)27-20(22-17)23-19(24)14-4-6-16(7-5-14)25-10-15-11-26-12-21-15/h3-9,11-12H,2,10H2,1H3,(H,22,23,24). The van der Waals surface area contributed by atoms with E-state index in [2.05, 4.69) is 34.3 Å². The second-order valence-electron chi connectivity index (χ2n) is 5.92. The lowest BCUT2D eigenvalue weighted by Crippen LogP contribution is -2.11. The number of nitrogens with one attached hydrogen (secondary N) is 1. The third-order valence-corrected chi connectivity index (χ3v) is 5.64. The zero-order chi connectivity index (χ0) is 18.6. The Bertz CT molecular complexity index is 1060. The topological polar surface area (TPSA) is 64.1 Å². The molecule has 136 valence electrons. The van der Waals surface area contributed by atoms with Crippen LogP contribution in [0.25, 0.3) is 10.2 Å². The maximum Gasteiger partial charge on any atom is 0.257 e. The predicted molar refractivity (Wildman–Crippen MR) is 110 cm³/mol. The van der Waals surface area contributed by atoms with E-state index in [-0.39, 0.29) is 5.91 Å². The highest BCUT2D eigenvalue weighted by molar-refractivity contribution is 7.22. The van der Waals surface area contributed by atoms with E-state index in [1.165, 1.54) is 28.2 Å². The number of aryl methyl sites for hydroxylation is 1. The Kier molecular flexibility index (Phi) is 5.13. The van der Waals surface area contributed by atoms with Gasteiger partial charge in [0, 0.05) is 10.9 Å². The Balaban J connectivity index is 1.41. The monoisotopic (exact) mass is 395 g/mol. The Morgan fingerprint density at radius 1 is 1.19 bits per heavy atom. The fraction of sp³-hybridized carbons (Fsp3) is 0.150. The fourth-order valence-corrected chi connectivity index (χ4v) is 4.05. The number of thiazole rings is 2. The number of carbonyl (C=O) groups excluding carboxylic acids is 1. The van der Waals surface area contributed by atoms with Crippen molar-refractivity contribution in [1.29, 1.82) is 0 Å². The van der Waals surface area contributed by atoms with E-state index in [0.717, 1.165) is 22.3 Å². The largest absolute Gasteiger partial charge is 0.487 e. The van der Waals surface area contributed by atoms with Gasteiger partial charge in [0.25, 0.3) is 5.91 Å². The SMILES string of the molecule is CCc1ccc2nc(NC(=O)c3ccc(OCc4cscn4)cc3)sc2c1. The summed E-state index contributed by atoms with van der Waals surface area (Å²) in [6.45, 7) is 2.54. The van der Waals surface area contributed by atoms with Crippen LogP contribution in [0.3, 0.4) is 0 Å². The highest BCUT2D eigenvalue weighted by Crippen LogP contribution is 2.27. The third-order valence-electron chi connectivity index (χ3n) is 4.07. The molecule has 0 aliphatic rings. The van der Waals surface area contributed by atoms with Crippen LogP contribution in [-0.4, -0.2) is 15.9 Å². The van der Waals surface area contributed by atoms with Crippen LogP contribution in [0.2, 0.25) is 0 Å². The van der Waals surface area contributed by atoms with Gasteiger partial charge in [0.2, 0.25) is 0 Å². The summed E-state index contributed by atoms with van der Waals surface area (Å²) in [7, 11) is 0. The average Bonchev–Trinajstić information content (AvgIpc) is 3.35. The lowest BCUT2D eigenvalue weighted by molar-refractivity contribution is 0.102. The molecule has 0 aliphatic carbocycles. The van der Waals surface area contributed by atoms with Crippen molar-refractivity contribution in [2.24, 2.45) is 0 Å². The molecule has 0 radical (unpaired) electrons. The summed E-state index contributed by atoms with van der Waals surface area (Å²) in [5, 5.41) is 5.43. The fourth-order valence-electron chi connectivity index (χ4n) is 2.58. The van der Waals surface area contributed by atoms with Crippen molar-refractivity contribution in [3.63, 3.8) is 0 Å². The Morgan fingerprint density at radius 2 is 2.04 bits per heavy atom. The van der Waals surface area contributed by atoms with E-state index in [4.69, 9.17) is 4.74 Å². The summed E-state index contributed by atoms with van der Waals surface area (Å²) < 4.78 is 6.75. The van der Waals surface area contributed by atoms with Crippen LogP contribution >= 0.6 is 22.7 Å². The van der Waals surface area contributed by atoms with Gasteiger partial charge in [0.05, 0.1) is 21.4 Å². The van der Waals surface area contributed by atoms with Gasteiger partial charge in [-0.15, -0.1) is 11.3 Å². The van der Waals surface area contributed by atoms with Crippen molar-refractivity contribution >= 4 is 43.9 Å². The first-order valence-corrected chi connectivity index (χ1v) is 10.3. The van der Waals surface area contributed by atoms with Crippen LogP contribution < -0.4 is 10.1 Å². The molecule has 4 aromatic rings. The molecule has 0 saturated carbocycles. The lowest BCUT2D eigenvalue weighted by atomic mass is 10.2. The Labute approximate surface area is 164 Å². The van der Waals surface area contributed by atoms with Gasteiger partial charge >= 0.3 is 0 Å². The maximum absolute atomic E-state index is 12.5. The van der Waals surface area contributed by atoms with E-state index in [1.54, 1.807) is 29.8 Å². The minimum atomic E-state index is -0.184. The maximum atomic E-state index is 12.5. The molecular weight excluding hydrogens is 378 g/mol. The van der Waals surface area contributed by atoms with Gasteiger partial charge in [-0.05, 0) is 48.4 Å². The predicted octanol–water partition coefficient (Wildman–Crippen LogP) is 5.15. The van der Waals surface area contributed by atoms with Crippen LogP contribution in [0.4, 0.5) is 5.13 Å². The Hall–Kier alpha value is -2.77. The van der Waals surface area contributed by atoms with Crippen LogP contribution in [0.5, 0.6) is 5.75 Å². The number of hydrogen-bond acceptors (Lipinski definition) is 6. The smallest absolute Gasteiger partial charge is 0.257 e. The lowest BCUT2D eigenvalue weighted by Gasteiger charge is -2.06. The molecule has 1 amide bonds. The molecule has 0 aliphatic heterocycles. The number of ether oxygens (including phenoxy) is 1. The number of fused-ring (bicyclic) bond motifs is 1. The summed E-state index contributed by atoms with van der Waals surface area (Å²) in [6, 6.07) is 13.2. The van der Waals surface area contributed by atoms with E-state index in [0.29, 0.717) is 23.1 Å². The summed E-state index contributed by atoms with van der Waals surface area (Å²) >= 11 is 3.02. The van der Waals surface area contributed by atoms with Crippen LogP contribution in [-0.2, 0) is 13.0 Å². The molecule has 0 unspecified atom stereocenters. The number of aromatic nitrogens is 2. The molecule has 2 aromatic heterocycles. The number of benzene rings is 2. The first-order valence-electron chi connectivity index (χ1n) is 8.52. The molecule has 4 rings (SSSR count). The van der Waals surface area contributed by atoms with Crippen molar-refractivity contribution in [3.8, 4) is 5.75 Å². The highest BCUT2D eigenvalue weighted by Gasteiger charge is 2.10. The summed E-state index contributed by atoms with van der Waals surface area (Å²) in [4.78, 5) is 21.1. The van der Waals surface area contributed by atoms with E-state index in [1.807, 2.05) is 11.4 Å². The molecule has 7 heteroatoms. The number of hydrogen-bond donors (Lipinski definition) is 1. The van der Waals surface area contributed by atoms with Crippen molar-refractivity contribution in [2.75, 3.05) is 5.32 Å². The van der Waals surface area contributed by atoms with Crippen molar-refractivity contribution < 1.29 is 9.53 Å². The second kappa shape index (κ2) is 7.85. The molecule has 0 bridgehead atoms. The first kappa shape index (κ1) is 17.6. The van der Waals surface area contributed by atoms with E-state index >= 15 is 0 Å². The normalized spacial score (nSPS) is 10.9. The number of nitrogens with zero attached hydrogens (tertiary/aromatic N) is 2. The molecule has 1 N–H and O–H groups in total. The molecule has 0 fully saturated rings. The van der Waals surface area contributed by atoms with Gasteiger partial charge in [-0.2, -0.15) is 0 Å². The van der Waals surface area contributed by atoms with Crippen LogP contribution in [0, 0.1) is 0 Å². The zero-order valence-corrected chi connectivity index (χ0v) is 16.3. The number of carbonyl (C=O) groups is 1. The van der Waals surface area contributed by atoms with Crippen LogP contribution in [0.15, 0.2) is 53.4 Å². The number of rotatable bonds is 6. The van der Waals surface area contributed by atoms with Crippen molar-refractivity contribution in [2.45, 2.75) is 20.0 Å². The van der Waals surface area contributed by atoms with Gasteiger partial charge in [-0.1, -0.05) is 24.3 Å². The van der Waals surface area contributed by atoms with Crippen LogP contribution in [0.1, 0.15) is 28.5 Å². The molecule has 27 heavy (non-hydrogen) atoms. The second-order valence-corrected chi connectivity index (χ2v) is 7.67. The first-order chi connectivity index (χ1) is 13.2. The summed E-state index contributed by atoms with van der Waals surface area (Å²) in [6.07, 6.45) is 0.979. The van der Waals surface area contributed by atoms with Gasteiger partial charge in [-0.3, -0.25) is 10.1 Å². The van der Waals surface area contributed by atoms with Gasteiger partial charge in [0.1, 0.15) is 12.4 Å². The molecule has 5 nitrogen and oxygen atoms in total. The molecular formula is C20H17N3O2S2. The van der Waals surface area contributed by atoms with Crippen molar-refractivity contribution in [1.82, 2.24) is 9.97 Å².